The lowest BCUT2D eigenvalue weighted by Crippen LogP contribution is -2.52. The van der Waals surface area contributed by atoms with E-state index in [0.717, 1.165) is 66.9 Å². The molecule has 6 rings (SSSR count). The van der Waals surface area contributed by atoms with Crippen molar-refractivity contribution in [3.8, 4) is 11.1 Å². The zero-order valence-corrected chi connectivity index (χ0v) is 26.0. The third-order valence-electron chi connectivity index (χ3n) is 9.94. The number of piperidine rings is 1. The molecule has 3 aromatic rings. The smallest absolute Gasteiger partial charge is 0.220 e. The number of nitrogens with one attached hydrogen (secondary N) is 1. The molecule has 0 radical (unpaired) electrons. The first-order valence-corrected chi connectivity index (χ1v) is 16.2. The first kappa shape index (κ1) is 29.6. The van der Waals surface area contributed by atoms with Gasteiger partial charge in [0, 0.05) is 74.7 Å². The minimum Gasteiger partial charge on any atom is -0.382 e. The van der Waals surface area contributed by atoms with Gasteiger partial charge in [0.2, 0.25) is 5.91 Å². The van der Waals surface area contributed by atoms with Crippen molar-refractivity contribution in [3.05, 3.63) is 35.7 Å². The van der Waals surface area contributed by atoms with E-state index in [9.17, 15) is 4.79 Å². The minimum atomic E-state index is -0.222. The Labute approximate surface area is 255 Å². The number of aromatic nitrogens is 3. The number of amides is 1. The summed E-state index contributed by atoms with van der Waals surface area (Å²) in [6.45, 7) is 11.2. The molecule has 4 heterocycles. The number of benzene rings is 1. The van der Waals surface area contributed by atoms with E-state index in [-0.39, 0.29) is 17.9 Å². The van der Waals surface area contributed by atoms with Gasteiger partial charge in [-0.05, 0) is 75.3 Å². The molecule has 3 fully saturated rings. The predicted molar refractivity (Wildman–Crippen MR) is 174 cm³/mol. The number of carbonyl (C=O) groups excluding carboxylic acids is 1. The molecule has 43 heavy (non-hydrogen) atoms. The molecule has 1 aromatic carbocycles. The van der Waals surface area contributed by atoms with Crippen LogP contribution in [0.1, 0.15) is 57.2 Å². The predicted octanol–water partition coefficient (Wildman–Crippen LogP) is 3.68. The van der Waals surface area contributed by atoms with Crippen molar-refractivity contribution in [1.29, 1.82) is 0 Å². The standard InChI is InChI=1S/C33H47N9O/c1-4-21-18-22(7-9-28(21)42-12-10-25(11-13-42)41-16-14-40(3)15-17-41)26-20-36-31(34)30-29(26)39-33(27(5-2)38-30)37-24-8-6-23(19-24)32(35)43/h7,9,18,20,23-25H,4-6,8,10-17,19H2,1-3H3,(H2,34,36)(H2,35,43)(H,37,39). The minimum absolute atomic E-state index is 0.0880. The monoisotopic (exact) mass is 585 g/mol. The zero-order chi connectivity index (χ0) is 30.1. The van der Waals surface area contributed by atoms with E-state index >= 15 is 0 Å². The number of hydrogen-bond acceptors (Lipinski definition) is 9. The lowest BCUT2D eigenvalue weighted by Gasteiger charge is -2.43. The largest absolute Gasteiger partial charge is 0.382 e. The highest BCUT2D eigenvalue weighted by molar-refractivity contribution is 5.97. The number of piperazine rings is 1. The molecule has 1 amide bonds. The average molecular weight is 586 g/mol. The SMILES string of the molecule is CCc1cc(-c2cnc(N)c3nc(CC)c(NC4CCC(C(N)=O)C4)nc23)ccc1N1CCC(N2CCN(C)CC2)CC1. The topological polar surface area (TPSA) is 130 Å². The van der Waals surface area contributed by atoms with Crippen LogP contribution in [0.4, 0.5) is 17.3 Å². The highest BCUT2D eigenvalue weighted by Crippen LogP contribution is 2.36. The molecular formula is C33H47N9O. The number of anilines is 3. The summed E-state index contributed by atoms with van der Waals surface area (Å²) < 4.78 is 0. The number of likely N-dealkylation sites (N-methyl/N-ethyl adjacent to an activating group) is 1. The van der Waals surface area contributed by atoms with Gasteiger partial charge in [-0.2, -0.15) is 0 Å². The highest BCUT2D eigenvalue weighted by Gasteiger charge is 2.30. The molecule has 3 aliphatic rings. The number of rotatable bonds is 8. The third-order valence-corrected chi connectivity index (χ3v) is 9.94. The Morgan fingerprint density at radius 3 is 2.42 bits per heavy atom. The first-order valence-electron chi connectivity index (χ1n) is 16.2. The van der Waals surface area contributed by atoms with Crippen LogP contribution in [0.15, 0.2) is 24.4 Å². The van der Waals surface area contributed by atoms with Crippen molar-refractivity contribution < 1.29 is 4.79 Å². The quantitative estimate of drug-likeness (QED) is 0.362. The van der Waals surface area contributed by atoms with E-state index < -0.39 is 0 Å². The van der Waals surface area contributed by atoms with E-state index in [1.165, 1.54) is 50.3 Å². The van der Waals surface area contributed by atoms with Crippen LogP contribution < -0.4 is 21.7 Å². The summed E-state index contributed by atoms with van der Waals surface area (Å²) in [5.74, 6) is 0.834. The molecule has 0 spiro atoms. The van der Waals surface area contributed by atoms with E-state index in [4.69, 9.17) is 21.4 Å². The van der Waals surface area contributed by atoms with Crippen molar-refractivity contribution >= 4 is 34.3 Å². The second-order valence-electron chi connectivity index (χ2n) is 12.6. The van der Waals surface area contributed by atoms with Gasteiger partial charge < -0.3 is 26.6 Å². The maximum absolute atomic E-state index is 11.7. The van der Waals surface area contributed by atoms with E-state index in [1.54, 1.807) is 0 Å². The summed E-state index contributed by atoms with van der Waals surface area (Å²) in [4.78, 5) is 34.0. The van der Waals surface area contributed by atoms with E-state index in [2.05, 4.69) is 64.1 Å². The number of hydrogen-bond donors (Lipinski definition) is 3. The van der Waals surface area contributed by atoms with Crippen LogP contribution in [0.25, 0.3) is 22.2 Å². The van der Waals surface area contributed by atoms with Gasteiger partial charge in [-0.3, -0.25) is 9.69 Å². The summed E-state index contributed by atoms with van der Waals surface area (Å²) in [6.07, 6.45) is 8.33. The maximum atomic E-state index is 11.7. The summed E-state index contributed by atoms with van der Waals surface area (Å²) >= 11 is 0. The van der Waals surface area contributed by atoms with Crippen molar-refractivity contribution in [2.24, 2.45) is 11.7 Å². The van der Waals surface area contributed by atoms with E-state index in [1.807, 2.05) is 6.20 Å². The Hall–Kier alpha value is -3.50. The molecule has 2 aromatic heterocycles. The van der Waals surface area contributed by atoms with Gasteiger partial charge in [0.05, 0.1) is 5.69 Å². The van der Waals surface area contributed by atoms with Crippen molar-refractivity contribution in [3.63, 3.8) is 0 Å². The van der Waals surface area contributed by atoms with Crippen molar-refractivity contribution in [2.75, 3.05) is 62.3 Å². The molecule has 1 saturated carbocycles. The first-order chi connectivity index (χ1) is 20.8. The number of carbonyl (C=O) groups is 1. The van der Waals surface area contributed by atoms with Crippen LogP contribution in [-0.2, 0) is 17.6 Å². The molecule has 2 atom stereocenters. The number of aryl methyl sites for hydroxylation is 2. The fourth-order valence-electron chi connectivity index (χ4n) is 7.23. The lowest BCUT2D eigenvalue weighted by atomic mass is 9.97. The van der Waals surface area contributed by atoms with Gasteiger partial charge in [0.1, 0.15) is 16.9 Å². The van der Waals surface area contributed by atoms with Gasteiger partial charge >= 0.3 is 0 Å². The molecule has 1 aliphatic carbocycles. The Balaban J connectivity index is 1.26. The fourth-order valence-corrected chi connectivity index (χ4v) is 7.23. The lowest BCUT2D eigenvalue weighted by molar-refractivity contribution is -0.121. The number of nitrogens with zero attached hydrogens (tertiary/aromatic N) is 6. The Morgan fingerprint density at radius 1 is 0.977 bits per heavy atom. The summed E-state index contributed by atoms with van der Waals surface area (Å²) in [5, 5.41) is 3.58. The second-order valence-corrected chi connectivity index (χ2v) is 12.6. The summed E-state index contributed by atoms with van der Waals surface area (Å²) in [6, 6.07) is 7.61. The van der Waals surface area contributed by atoms with Crippen molar-refractivity contribution in [1.82, 2.24) is 24.8 Å². The maximum Gasteiger partial charge on any atom is 0.220 e. The molecule has 5 N–H and O–H groups in total. The van der Waals surface area contributed by atoms with Crippen LogP contribution >= 0.6 is 0 Å². The van der Waals surface area contributed by atoms with Crippen LogP contribution in [0.3, 0.4) is 0 Å². The molecular weight excluding hydrogens is 538 g/mol. The Kier molecular flexibility index (Phi) is 8.68. The molecule has 2 aliphatic heterocycles. The fraction of sp³-hybridized carbons (Fsp3) is 0.576. The molecule has 10 nitrogen and oxygen atoms in total. The van der Waals surface area contributed by atoms with Crippen LogP contribution in [-0.4, -0.2) is 89.1 Å². The van der Waals surface area contributed by atoms with Crippen LogP contribution in [0.2, 0.25) is 0 Å². The third kappa shape index (κ3) is 6.13. The molecule has 2 saturated heterocycles. The highest BCUT2D eigenvalue weighted by atomic mass is 16.1. The average Bonchev–Trinajstić information content (AvgIpc) is 3.50. The molecule has 2 unspecified atom stereocenters. The Morgan fingerprint density at radius 2 is 1.74 bits per heavy atom. The second kappa shape index (κ2) is 12.6. The molecule has 0 bridgehead atoms. The molecule has 230 valence electrons. The zero-order valence-electron chi connectivity index (χ0n) is 26.0. The Bertz CT molecular complexity index is 1460. The number of nitrogens with two attached hydrogens (primary N) is 2. The number of pyridine rings is 1. The van der Waals surface area contributed by atoms with Crippen molar-refractivity contribution in [2.45, 2.75) is 70.9 Å². The van der Waals surface area contributed by atoms with Gasteiger partial charge in [0.25, 0.3) is 0 Å². The van der Waals surface area contributed by atoms with Crippen LogP contribution in [0.5, 0.6) is 0 Å². The van der Waals surface area contributed by atoms with Gasteiger partial charge in [-0.15, -0.1) is 0 Å². The van der Waals surface area contributed by atoms with E-state index in [0.29, 0.717) is 23.8 Å². The number of fused-ring (bicyclic) bond motifs is 1. The van der Waals surface area contributed by atoms with Gasteiger partial charge in [-0.25, -0.2) is 15.0 Å². The normalized spacial score (nSPS) is 22.3. The summed E-state index contributed by atoms with van der Waals surface area (Å²) in [5.41, 5.74) is 18.8. The van der Waals surface area contributed by atoms with Crippen LogP contribution in [0, 0.1) is 5.92 Å². The van der Waals surface area contributed by atoms with Gasteiger partial charge in [0.15, 0.2) is 5.82 Å². The summed E-state index contributed by atoms with van der Waals surface area (Å²) in [7, 11) is 2.22. The number of nitrogen functional groups attached to an aromatic ring is 1. The molecule has 10 heteroatoms. The van der Waals surface area contributed by atoms with Gasteiger partial charge in [-0.1, -0.05) is 19.9 Å². The number of primary amides is 1.